The molecule has 0 saturated carbocycles. The minimum Gasteiger partial charge on any atom is -0.455 e. The van der Waals surface area contributed by atoms with Gasteiger partial charge in [-0.2, -0.15) is 5.10 Å². The summed E-state index contributed by atoms with van der Waals surface area (Å²) < 4.78 is 5.86. The molecule has 1 aromatic heterocycles. The first-order chi connectivity index (χ1) is 12.3. The van der Waals surface area contributed by atoms with Crippen molar-refractivity contribution in [2.24, 2.45) is 21.7 Å². The van der Waals surface area contributed by atoms with E-state index in [0.717, 1.165) is 58.7 Å². The van der Waals surface area contributed by atoms with Crippen LogP contribution in [0.25, 0.3) is 0 Å². The van der Waals surface area contributed by atoms with Crippen LogP contribution < -0.4 is 16.8 Å². The van der Waals surface area contributed by atoms with Gasteiger partial charge in [-0.25, -0.2) is 0 Å². The van der Waals surface area contributed by atoms with Crippen LogP contribution in [-0.2, 0) is 6.42 Å². The Labute approximate surface area is 152 Å². The molecule has 0 radical (unpaired) electrons. The number of furan rings is 1. The van der Waals surface area contributed by atoms with E-state index in [-0.39, 0.29) is 11.9 Å². The molecule has 1 heterocycles. The summed E-state index contributed by atoms with van der Waals surface area (Å²) in [7, 11) is 0. The van der Waals surface area contributed by atoms with Gasteiger partial charge in [-0.15, -0.1) is 5.10 Å². The Morgan fingerprint density at radius 3 is 2.46 bits per heavy atom. The van der Waals surface area contributed by atoms with Crippen molar-refractivity contribution in [3.05, 3.63) is 52.0 Å². The number of amides is 1. The van der Waals surface area contributed by atoms with Crippen LogP contribution in [0.15, 0.2) is 32.8 Å². The third-order valence-corrected chi connectivity index (χ3v) is 4.30. The fourth-order valence-corrected chi connectivity index (χ4v) is 3.34. The van der Waals surface area contributed by atoms with Crippen LogP contribution in [0.4, 0.5) is 5.69 Å². The summed E-state index contributed by atoms with van der Waals surface area (Å²) in [4.78, 5) is 12.7. The molecule has 0 fully saturated rings. The van der Waals surface area contributed by atoms with Crippen molar-refractivity contribution in [1.82, 2.24) is 0 Å². The smallest absolute Gasteiger partial charge is 0.291 e. The molecule has 26 heavy (non-hydrogen) atoms. The first kappa shape index (κ1) is 17.7. The van der Waals surface area contributed by atoms with Crippen molar-refractivity contribution in [2.75, 3.05) is 5.32 Å². The molecule has 1 aliphatic carbocycles. The molecule has 7 nitrogen and oxygen atoms in total. The van der Waals surface area contributed by atoms with Crippen LogP contribution in [0.1, 0.15) is 51.4 Å². The molecular formula is C19H23N5O2. The zero-order valence-electron chi connectivity index (χ0n) is 15.2. The van der Waals surface area contributed by atoms with Gasteiger partial charge in [0.05, 0.1) is 5.71 Å². The van der Waals surface area contributed by atoms with Gasteiger partial charge >= 0.3 is 0 Å². The van der Waals surface area contributed by atoms with E-state index in [0.29, 0.717) is 5.76 Å². The van der Waals surface area contributed by atoms with E-state index in [1.165, 1.54) is 0 Å². The van der Waals surface area contributed by atoms with Gasteiger partial charge in [0.1, 0.15) is 5.76 Å². The standard InChI is InChI=1S/C19H23N5O2/c1-10-7-11(2)9-13(8-10)22-18(25)17-12(3)16-14(23-24-19(20)21)5-4-6-15(16)26-17/h7-9H,4-6H2,1-3H3,(H,22,25)(H4,20,21,24)/b23-14+. The molecule has 0 spiro atoms. The second-order valence-electron chi connectivity index (χ2n) is 6.61. The van der Waals surface area contributed by atoms with Crippen molar-refractivity contribution in [3.63, 3.8) is 0 Å². The zero-order valence-corrected chi connectivity index (χ0v) is 15.2. The first-order valence-electron chi connectivity index (χ1n) is 8.53. The minimum atomic E-state index is -0.275. The summed E-state index contributed by atoms with van der Waals surface area (Å²) in [6.45, 7) is 5.84. The summed E-state index contributed by atoms with van der Waals surface area (Å²) in [5, 5.41) is 10.8. The summed E-state index contributed by atoms with van der Waals surface area (Å²) in [5.74, 6) is 0.680. The lowest BCUT2D eigenvalue weighted by molar-refractivity contribution is 0.0994. The van der Waals surface area contributed by atoms with E-state index >= 15 is 0 Å². The highest BCUT2D eigenvalue weighted by Crippen LogP contribution is 2.30. The Bertz CT molecular complexity index is 900. The van der Waals surface area contributed by atoms with Gasteiger partial charge in [0.2, 0.25) is 5.96 Å². The summed E-state index contributed by atoms with van der Waals surface area (Å²) in [6.07, 6.45) is 2.37. The fourth-order valence-electron chi connectivity index (χ4n) is 3.34. The maximum absolute atomic E-state index is 12.7. The number of hydrogen-bond acceptors (Lipinski definition) is 4. The Morgan fingerprint density at radius 2 is 1.81 bits per heavy atom. The highest BCUT2D eigenvalue weighted by molar-refractivity contribution is 6.09. The largest absolute Gasteiger partial charge is 0.455 e. The first-order valence-corrected chi connectivity index (χ1v) is 8.53. The number of aryl methyl sites for hydroxylation is 3. The highest BCUT2D eigenvalue weighted by Gasteiger charge is 2.28. The number of rotatable bonds is 3. The molecule has 1 aromatic carbocycles. The number of nitrogens with zero attached hydrogens (tertiary/aromatic N) is 2. The number of carbonyl (C=O) groups excluding carboxylic acids is 1. The fraction of sp³-hybridized carbons (Fsp3) is 0.316. The number of guanidine groups is 1. The summed E-state index contributed by atoms with van der Waals surface area (Å²) in [6, 6.07) is 5.91. The minimum absolute atomic E-state index is 0.0986. The molecule has 0 saturated heterocycles. The molecule has 0 bridgehead atoms. The Morgan fingerprint density at radius 1 is 1.12 bits per heavy atom. The lowest BCUT2D eigenvalue weighted by atomic mass is 9.93. The lowest BCUT2D eigenvalue weighted by Crippen LogP contribution is -2.22. The number of anilines is 1. The van der Waals surface area contributed by atoms with Crippen molar-refractivity contribution in [2.45, 2.75) is 40.0 Å². The highest BCUT2D eigenvalue weighted by atomic mass is 16.4. The number of benzene rings is 1. The van der Waals surface area contributed by atoms with Crippen LogP contribution >= 0.6 is 0 Å². The Hall–Kier alpha value is -3.09. The molecule has 1 amide bonds. The van der Waals surface area contributed by atoms with Crippen LogP contribution in [-0.4, -0.2) is 17.6 Å². The second kappa shape index (κ2) is 7.03. The number of carbonyl (C=O) groups is 1. The lowest BCUT2D eigenvalue weighted by Gasteiger charge is -2.11. The van der Waals surface area contributed by atoms with Gasteiger partial charge in [-0.1, -0.05) is 6.07 Å². The third-order valence-electron chi connectivity index (χ3n) is 4.30. The van der Waals surface area contributed by atoms with Crippen molar-refractivity contribution in [1.29, 1.82) is 0 Å². The molecule has 2 aromatic rings. The van der Waals surface area contributed by atoms with Crippen molar-refractivity contribution < 1.29 is 9.21 Å². The van der Waals surface area contributed by atoms with E-state index in [1.54, 1.807) is 0 Å². The Kier molecular flexibility index (Phi) is 4.79. The van der Waals surface area contributed by atoms with E-state index in [2.05, 4.69) is 21.6 Å². The van der Waals surface area contributed by atoms with Crippen LogP contribution in [0, 0.1) is 20.8 Å². The molecule has 5 N–H and O–H groups in total. The van der Waals surface area contributed by atoms with Crippen molar-refractivity contribution in [3.8, 4) is 0 Å². The maximum atomic E-state index is 12.7. The topological polar surface area (TPSA) is 119 Å². The average Bonchev–Trinajstić information content (AvgIpc) is 2.89. The number of hydrogen-bond donors (Lipinski definition) is 3. The summed E-state index contributed by atoms with van der Waals surface area (Å²) >= 11 is 0. The predicted octanol–water partition coefficient (Wildman–Crippen LogP) is 2.77. The van der Waals surface area contributed by atoms with Gasteiger partial charge < -0.3 is 21.2 Å². The van der Waals surface area contributed by atoms with Gasteiger partial charge in [0, 0.05) is 23.2 Å². The molecule has 0 aliphatic heterocycles. The molecule has 1 aliphatic rings. The van der Waals surface area contributed by atoms with Crippen molar-refractivity contribution >= 4 is 23.3 Å². The number of fused-ring (bicyclic) bond motifs is 1. The van der Waals surface area contributed by atoms with Gasteiger partial charge in [0.25, 0.3) is 5.91 Å². The van der Waals surface area contributed by atoms with Gasteiger partial charge in [-0.3, -0.25) is 4.79 Å². The van der Waals surface area contributed by atoms with Gasteiger partial charge in [0.15, 0.2) is 5.76 Å². The van der Waals surface area contributed by atoms with Crippen LogP contribution in [0.2, 0.25) is 0 Å². The zero-order chi connectivity index (χ0) is 18.8. The van der Waals surface area contributed by atoms with E-state index in [1.807, 2.05) is 32.9 Å². The van der Waals surface area contributed by atoms with E-state index < -0.39 is 0 Å². The molecule has 136 valence electrons. The SMILES string of the molecule is Cc1cc(C)cc(NC(=O)c2oc3c(c2C)/C(=N/N=C(N)N)CCC3)c1. The molecule has 0 atom stereocenters. The second-order valence-corrected chi connectivity index (χ2v) is 6.61. The van der Waals surface area contributed by atoms with Crippen LogP contribution in [0.3, 0.4) is 0 Å². The predicted molar refractivity (Wildman–Crippen MR) is 103 cm³/mol. The monoisotopic (exact) mass is 353 g/mol. The third kappa shape index (κ3) is 3.61. The Balaban J connectivity index is 1.93. The number of nitrogens with one attached hydrogen (secondary N) is 1. The van der Waals surface area contributed by atoms with Crippen LogP contribution in [0.5, 0.6) is 0 Å². The normalized spacial score (nSPS) is 14.8. The van der Waals surface area contributed by atoms with E-state index in [9.17, 15) is 4.79 Å². The number of nitrogens with two attached hydrogens (primary N) is 2. The average molecular weight is 353 g/mol. The molecule has 0 unspecified atom stereocenters. The molecular weight excluding hydrogens is 330 g/mol. The summed E-state index contributed by atoms with van der Waals surface area (Å²) in [5.41, 5.74) is 16.0. The van der Waals surface area contributed by atoms with Gasteiger partial charge in [-0.05, 0) is 56.9 Å². The molecule has 7 heteroatoms. The molecule has 3 rings (SSSR count). The maximum Gasteiger partial charge on any atom is 0.291 e. The quantitative estimate of drug-likeness (QED) is 0.446. The van der Waals surface area contributed by atoms with E-state index in [4.69, 9.17) is 15.9 Å².